The van der Waals surface area contributed by atoms with E-state index in [1.165, 1.54) is 18.2 Å². The number of carbonyl (C=O) groups excluding carboxylic acids is 1. The second-order valence-electron chi connectivity index (χ2n) is 3.09. The Bertz CT molecular complexity index is 570. The molecular formula is C9H8BrNO6S. The zero-order valence-corrected chi connectivity index (χ0v) is 11.2. The van der Waals surface area contributed by atoms with Crippen LogP contribution in [-0.2, 0) is 24.4 Å². The normalized spacial score (nSPS) is 10.9. The number of rotatable bonds is 5. The van der Waals surface area contributed by atoms with E-state index in [1.54, 1.807) is 11.0 Å². The van der Waals surface area contributed by atoms with E-state index in [0.29, 0.717) is 4.47 Å². The van der Waals surface area contributed by atoms with Gasteiger partial charge in [-0.3, -0.25) is 4.79 Å². The molecule has 0 atom stereocenters. The molecule has 0 heterocycles. The van der Waals surface area contributed by atoms with Crippen LogP contribution in [0.15, 0.2) is 33.6 Å². The van der Waals surface area contributed by atoms with Crippen molar-refractivity contribution < 1.29 is 28.0 Å². The average Bonchev–Trinajstić information content (AvgIpc) is 2.26. The first-order chi connectivity index (χ1) is 8.31. The maximum atomic E-state index is 11.6. The molecule has 0 radical (unpaired) electrons. The monoisotopic (exact) mass is 337 g/mol. The molecule has 0 aliphatic carbocycles. The number of carboxylic acids is 1. The summed E-state index contributed by atoms with van der Waals surface area (Å²) in [5.41, 5.74) is 0. The highest BCUT2D eigenvalue weighted by Crippen LogP contribution is 2.15. The van der Waals surface area contributed by atoms with E-state index in [4.69, 9.17) is 5.11 Å². The van der Waals surface area contributed by atoms with Crippen LogP contribution in [0.5, 0.6) is 0 Å². The quantitative estimate of drug-likeness (QED) is 0.603. The number of hydrogen-bond donors (Lipinski definition) is 2. The number of aliphatic carboxylic acids is 1. The largest absolute Gasteiger partial charge is 0.481 e. The number of carboxylic acid groups (broad SMARTS) is 1. The first kappa shape index (κ1) is 14.6. The fourth-order valence-corrected chi connectivity index (χ4v) is 2.33. The molecule has 2 N–H and O–H groups in total. The average molecular weight is 338 g/mol. The summed E-state index contributed by atoms with van der Waals surface area (Å²) >= 11 is 3.09. The number of carbonyl (C=O) groups is 2. The predicted octanol–water partition coefficient (Wildman–Crippen LogP) is 0.660. The lowest BCUT2D eigenvalue weighted by Gasteiger charge is -2.06. The van der Waals surface area contributed by atoms with Gasteiger partial charge in [0.25, 0.3) is 10.0 Å². The molecule has 9 heteroatoms. The Hall–Kier alpha value is -1.45. The third kappa shape index (κ3) is 4.43. The van der Waals surface area contributed by atoms with E-state index in [9.17, 15) is 18.0 Å². The summed E-state index contributed by atoms with van der Waals surface area (Å²) in [5, 5.41) is 8.28. The lowest BCUT2D eigenvalue weighted by atomic mass is 10.4. The first-order valence-electron chi connectivity index (χ1n) is 4.50. The molecule has 0 aliphatic rings. The van der Waals surface area contributed by atoms with E-state index < -0.39 is 28.4 Å². The van der Waals surface area contributed by atoms with Gasteiger partial charge in [-0.05, 0) is 23.1 Å². The Labute approximate surface area is 111 Å². The van der Waals surface area contributed by atoms with Gasteiger partial charge in [-0.1, -0.05) is 22.0 Å². The molecule has 98 valence electrons. The lowest BCUT2D eigenvalue weighted by Crippen LogP contribution is -2.28. The minimum atomic E-state index is -4.03. The van der Waals surface area contributed by atoms with Gasteiger partial charge in [0.15, 0.2) is 0 Å². The van der Waals surface area contributed by atoms with Crippen LogP contribution in [0.2, 0.25) is 0 Å². The van der Waals surface area contributed by atoms with Crippen LogP contribution in [0.1, 0.15) is 6.42 Å². The highest BCUT2D eigenvalue weighted by molar-refractivity contribution is 9.10. The molecule has 0 unspecified atom stereocenters. The summed E-state index contributed by atoms with van der Waals surface area (Å²) in [5.74, 6) is -2.62. The lowest BCUT2D eigenvalue weighted by molar-refractivity contribution is -0.153. The van der Waals surface area contributed by atoms with E-state index in [1.807, 2.05) is 0 Å². The molecule has 0 bridgehead atoms. The molecule has 0 spiro atoms. The molecule has 1 aromatic rings. The SMILES string of the molecule is O=C(O)CC(=O)ONS(=O)(=O)c1cccc(Br)c1. The van der Waals surface area contributed by atoms with Gasteiger partial charge < -0.3 is 9.94 Å². The predicted molar refractivity (Wildman–Crippen MR) is 62.8 cm³/mol. The molecular weight excluding hydrogens is 330 g/mol. The van der Waals surface area contributed by atoms with Crippen molar-refractivity contribution in [1.29, 1.82) is 0 Å². The van der Waals surface area contributed by atoms with Crippen LogP contribution in [-0.4, -0.2) is 25.5 Å². The smallest absolute Gasteiger partial charge is 0.337 e. The zero-order valence-electron chi connectivity index (χ0n) is 8.79. The topological polar surface area (TPSA) is 110 Å². The molecule has 7 nitrogen and oxygen atoms in total. The van der Waals surface area contributed by atoms with E-state index in [0.717, 1.165) is 0 Å². The van der Waals surface area contributed by atoms with E-state index >= 15 is 0 Å². The van der Waals surface area contributed by atoms with Gasteiger partial charge >= 0.3 is 11.9 Å². The van der Waals surface area contributed by atoms with Gasteiger partial charge in [0, 0.05) is 4.47 Å². The van der Waals surface area contributed by atoms with Crippen LogP contribution in [0.25, 0.3) is 0 Å². The summed E-state index contributed by atoms with van der Waals surface area (Å²) in [4.78, 5) is 26.6. The molecule has 1 rings (SSSR count). The highest BCUT2D eigenvalue weighted by Gasteiger charge is 2.18. The Morgan fingerprint density at radius 3 is 2.61 bits per heavy atom. The van der Waals surface area contributed by atoms with E-state index in [-0.39, 0.29) is 4.90 Å². The highest BCUT2D eigenvalue weighted by atomic mass is 79.9. The molecule has 0 saturated heterocycles. The minimum Gasteiger partial charge on any atom is -0.481 e. The number of benzene rings is 1. The first-order valence-corrected chi connectivity index (χ1v) is 6.78. The van der Waals surface area contributed by atoms with Gasteiger partial charge in [0.1, 0.15) is 6.42 Å². The van der Waals surface area contributed by atoms with Crippen molar-refractivity contribution in [2.45, 2.75) is 11.3 Å². The van der Waals surface area contributed by atoms with E-state index in [2.05, 4.69) is 20.8 Å². The second kappa shape index (κ2) is 5.94. The number of sulfonamides is 1. The molecule has 0 aromatic heterocycles. The summed E-state index contributed by atoms with van der Waals surface area (Å²) in [7, 11) is -4.03. The van der Waals surface area contributed by atoms with Crippen LogP contribution in [0.3, 0.4) is 0 Å². The van der Waals surface area contributed by atoms with Crippen LogP contribution < -0.4 is 4.89 Å². The second-order valence-corrected chi connectivity index (χ2v) is 5.65. The fourth-order valence-electron chi connectivity index (χ4n) is 0.943. The van der Waals surface area contributed by atoms with Crippen molar-refractivity contribution in [3.05, 3.63) is 28.7 Å². The molecule has 0 fully saturated rings. The van der Waals surface area contributed by atoms with Crippen LogP contribution in [0, 0.1) is 0 Å². The van der Waals surface area contributed by atoms with Crippen molar-refractivity contribution in [3.8, 4) is 0 Å². The van der Waals surface area contributed by atoms with Crippen LogP contribution in [0.4, 0.5) is 0 Å². The molecule has 0 amide bonds. The van der Waals surface area contributed by atoms with Gasteiger partial charge in [-0.2, -0.15) is 0 Å². The maximum absolute atomic E-state index is 11.6. The van der Waals surface area contributed by atoms with Gasteiger partial charge in [0.2, 0.25) is 0 Å². The summed E-state index contributed by atoms with van der Waals surface area (Å²) in [6.07, 6.45) is -0.930. The van der Waals surface area contributed by atoms with Crippen molar-refractivity contribution in [1.82, 2.24) is 4.89 Å². The Morgan fingerprint density at radius 2 is 2.06 bits per heavy atom. The standard InChI is InChI=1S/C9H8BrNO6S/c10-6-2-1-3-7(4-6)18(15,16)11-17-9(14)5-8(12)13/h1-4,11H,5H2,(H,12,13). The Balaban J connectivity index is 2.72. The summed E-state index contributed by atoms with van der Waals surface area (Å²) < 4.78 is 23.8. The third-order valence-electron chi connectivity index (χ3n) is 1.67. The number of hydrogen-bond acceptors (Lipinski definition) is 5. The van der Waals surface area contributed by atoms with Gasteiger partial charge in [-0.15, -0.1) is 0 Å². The molecule has 1 aromatic carbocycles. The molecule has 0 saturated carbocycles. The van der Waals surface area contributed by atoms with Crippen molar-refractivity contribution in [2.24, 2.45) is 0 Å². The summed E-state index contributed by atoms with van der Waals surface area (Å²) in [6.45, 7) is 0. The summed E-state index contributed by atoms with van der Waals surface area (Å²) in [6, 6.07) is 5.69. The maximum Gasteiger partial charge on any atom is 0.337 e. The van der Waals surface area contributed by atoms with Crippen LogP contribution >= 0.6 is 15.9 Å². The van der Waals surface area contributed by atoms with Gasteiger partial charge in [0.05, 0.1) is 4.90 Å². The zero-order chi connectivity index (χ0) is 13.8. The van der Waals surface area contributed by atoms with Gasteiger partial charge in [-0.25, -0.2) is 13.2 Å². The molecule has 18 heavy (non-hydrogen) atoms. The molecule has 0 aliphatic heterocycles. The fraction of sp³-hybridized carbons (Fsp3) is 0.111. The van der Waals surface area contributed by atoms with Crippen molar-refractivity contribution in [2.75, 3.05) is 0 Å². The Morgan fingerprint density at radius 1 is 1.39 bits per heavy atom. The number of nitrogens with one attached hydrogen (secondary N) is 1. The third-order valence-corrected chi connectivity index (χ3v) is 3.34. The number of halogens is 1. The Kier molecular flexibility index (Phi) is 4.82. The van der Waals surface area contributed by atoms with Crippen molar-refractivity contribution >= 4 is 37.9 Å². The van der Waals surface area contributed by atoms with Crippen molar-refractivity contribution in [3.63, 3.8) is 0 Å². The minimum absolute atomic E-state index is 0.125.